The fourth-order valence-corrected chi connectivity index (χ4v) is 5.41. The van der Waals surface area contributed by atoms with Gasteiger partial charge in [0.15, 0.2) is 0 Å². The summed E-state index contributed by atoms with van der Waals surface area (Å²) in [5.41, 5.74) is 1.28. The van der Waals surface area contributed by atoms with Gasteiger partial charge < -0.3 is 34.6 Å². The number of aliphatic hydroxyl groups is 4. The Morgan fingerprint density at radius 3 is 2.24 bits per heavy atom. The van der Waals surface area contributed by atoms with Crippen LogP contribution < -0.4 is 0 Å². The molecule has 0 aromatic heterocycles. The Hall–Kier alpha value is -1.81. The number of ether oxygens (including phenoxy) is 3. The van der Waals surface area contributed by atoms with E-state index in [4.69, 9.17) is 14.2 Å². The molecular formula is C33H54O8. The van der Waals surface area contributed by atoms with Crippen LogP contribution in [0, 0.1) is 23.7 Å². The topological polar surface area (TPSA) is 129 Å². The molecule has 0 saturated carbocycles. The molecule has 1 fully saturated rings. The number of epoxide rings is 1. The van der Waals surface area contributed by atoms with Crippen LogP contribution in [-0.2, 0) is 19.0 Å². The summed E-state index contributed by atoms with van der Waals surface area (Å²) in [4.78, 5) is 13.1. The molecule has 4 N–H and O–H groups in total. The predicted molar refractivity (Wildman–Crippen MR) is 160 cm³/mol. The fourth-order valence-electron chi connectivity index (χ4n) is 5.41. The van der Waals surface area contributed by atoms with Crippen molar-refractivity contribution in [3.05, 3.63) is 47.6 Å². The van der Waals surface area contributed by atoms with Crippen LogP contribution in [0.4, 0.5) is 0 Å². The van der Waals surface area contributed by atoms with Gasteiger partial charge >= 0.3 is 5.97 Å². The molecule has 0 aromatic carbocycles. The highest BCUT2D eigenvalue weighted by Gasteiger charge is 2.49. The first-order valence-corrected chi connectivity index (χ1v) is 15.1. The maximum Gasteiger partial charge on any atom is 0.334 e. The average Bonchev–Trinajstić information content (AvgIpc) is 3.74. The zero-order valence-electron chi connectivity index (χ0n) is 26.1. The van der Waals surface area contributed by atoms with Gasteiger partial charge in [-0.2, -0.15) is 0 Å². The number of allylic oxidation sites excluding steroid dienone is 4. The van der Waals surface area contributed by atoms with E-state index in [9.17, 15) is 25.2 Å². The van der Waals surface area contributed by atoms with E-state index < -0.39 is 48.7 Å². The molecular weight excluding hydrogens is 524 g/mol. The molecule has 0 amide bonds. The van der Waals surface area contributed by atoms with Crippen molar-refractivity contribution in [2.75, 3.05) is 7.11 Å². The third kappa shape index (κ3) is 10.8. The number of carbonyl (C=O) groups is 1. The maximum absolute atomic E-state index is 13.1. The summed E-state index contributed by atoms with van der Waals surface area (Å²) in [7, 11) is 1.61. The quantitative estimate of drug-likeness (QED) is 0.236. The molecule has 2 rings (SSSR count). The third-order valence-corrected chi connectivity index (χ3v) is 8.84. The standard InChI is InChI=1S/C33H54O8/c1-19-17-21(3)29(36)32-31(41-32)27(35)13-11-9-10-12-14-28(40-33(38)22(4)18-19)20(2)15-16-26(34)24(6)30(37)23(5)25(7)39-8/h9-12,17-18,20-21,23-32,34-37H,13-16H2,1-8H3/b11-9+,12-10+,19-17-,22-18-/t20?,21-,23-,24-,25+,26+,27?,28-,29+,30+,31?,32+/m1/s1. The zero-order chi connectivity index (χ0) is 30.9. The van der Waals surface area contributed by atoms with Crippen molar-refractivity contribution < 1.29 is 39.4 Å². The Balaban J connectivity index is 2.14. The molecule has 2 aliphatic rings. The Morgan fingerprint density at radius 2 is 1.61 bits per heavy atom. The SMILES string of the molecule is CO[C@@H](C)[C@@H](C)[C@H](O)[C@H](C)[C@@H](O)CCC(C)[C@H]1C/C=C/C=C/CC(O)C2O[C@H]2[C@@H](O)[C@H](C)/C=C(C)\C=C(\C)C(=O)O1. The predicted octanol–water partition coefficient (Wildman–Crippen LogP) is 4.27. The van der Waals surface area contributed by atoms with Crippen molar-refractivity contribution in [2.45, 2.75) is 123 Å². The van der Waals surface area contributed by atoms with Gasteiger partial charge in [0, 0.05) is 36.9 Å². The van der Waals surface area contributed by atoms with Crippen LogP contribution in [0.15, 0.2) is 47.6 Å². The van der Waals surface area contributed by atoms with E-state index in [1.54, 1.807) is 20.1 Å². The lowest BCUT2D eigenvalue weighted by Gasteiger charge is -2.32. The third-order valence-electron chi connectivity index (χ3n) is 8.84. The summed E-state index contributed by atoms with van der Waals surface area (Å²) in [6.07, 6.45) is 8.91. The van der Waals surface area contributed by atoms with Crippen molar-refractivity contribution in [3.63, 3.8) is 0 Å². The number of cyclic esters (lactones) is 1. The molecule has 2 heterocycles. The van der Waals surface area contributed by atoms with Crippen LogP contribution in [0.3, 0.4) is 0 Å². The molecule has 0 bridgehead atoms. The Bertz CT molecular complexity index is 940. The molecule has 0 radical (unpaired) electrons. The van der Waals surface area contributed by atoms with Crippen LogP contribution in [0.2, 0.25) is 0 Å². The second-order valence-electron chi connectivity index (χ2n) is 12.3. The minimum atomic E-state index is -0.760. The fraction of sp³-hybridized carbons (Fsp3) is 0.727. The highest BCUT2D eigenvalue weighted by atomic mass is 16.6. The highest BCUT2D eigenvalue weighted by Crippen LogP contribution is 2.34. The van der Waals surface area contributed by atoms with Crippen LogP contribution in [-0.4, -0.2) is 82.3 Å². The Morgan fingerprint density at radius 1 is 0.976 bits per heavy atom. The zero-order valence-corrected chi connectivity index (χ0v) is 26.1. The first kappa shape index (κ1) is 35.4. The summed E-state index contributed by atoms with van der Waals surface area (Å²) in [5, 5.41) is 42.7. The molecule has 0 aromatic rings. The molecule has 0 spiro atoms. The first-order valence-electron chi connectivity index (χ1n) is 15.1. The second kappa shape index (κ2) is 16.7. The van der Waals surface area contributed by atoms with E-state index in [-0.39, 0.29) is 29.8 Å². The molecule has 3 unspecified atom stereocenters. The maximum atomic E-state index is 13.1. The van der Waals surface area contributed by atoms with Crippen molar-refractivity contribution in [1.82, 2.24) is 0 Å². The lowest BCUT2D eigenvalue weighted by Crippen LogP contribution is -2.39. The second-order valence-corrected chi connectivity index (χ2v) is 12.3. The molecule has 0 aliphatic carbocycles. The summed E-state index contributed by atoms with van der Waals surface area (Å²) >= 11 is 0. The van der Waals surface area contributed by atoms with Gasteiger partial charge in [-0.3, -0.25) is 0 Å². The van der Waals surface area contributed by atoms with Crippen LogP contribution >= 0.6 is 0 Å². The normalized spacial score (nSPS) is 36.7. The average molecular weight is 579 g/mol. The van der Waals surface area contributed by atoms with E-state index >= 15 is 0 Å². The van der Waals surface area contributed by atoms with Gasteiger partial charge in [0.1, 0.15) is 18.3 Å². The number of esters is 1. The van der Waals surface area contributed by atoms with E-state index in [0.29, 0.717) is 31.3 Å². The summed E-state index contributed by atoms with van der Waals surface area (Å²) in [5.74, 6) is -1.14. The number of rotatable bonds is 9. The van der Waals surface area contributed by atoms with Crippen LogP contribution in [0.5, 0.6) is 0 Å². The molecule has 8 nitrogen and oxygen atoms in total. The molecule has 8 heteroatoms. The van der Waals surface area contributed by atoms with E-state index in [1.165, 1.54) is 0 Å². The minimum Gasteiger partial charge on any atom is -0.458 e. The number of carbonyl (C=O) groups excluding carboxylic acids is 1. The molecule has 234 valence electrons. The lowest BCUT2D eigenvalue weighted by atomic mass is 9.83. The van der Waals surface area contributed by atoms with Gasteiger partial charge in [0.05, 0.1) is 30.5 Å². The number of aliphatic hydroxyl groups excluding tert-OH is 4. The first-order chi connectivity index (χ1) is 19.3. The molecule has 1 saturated heterocycles. The largest absolute Gasteiger partial charge is 0.458 e. The summed E-state index contributed by atoms with van der Waals surface area (Å²) in [6.45, 7) is 13.1. The van der Waals surface area contributed by atoms with Crippen molar-refractivity contribution >= 4 is 5.97 Å². The molecule has 41 heavy (non-hydrogen) atoms. The molecule has 12 atom stereocenters. The summed E-state index contributed by atoms with van der Waals surface area (Å²) < 4.78 is 16.9. The van der Waals surface area contributed by atoms with Gasteiger partial charge in [-0.05, 0) is 52.0 Å². The van der Waals surface area contributed by atoms with Crippen molar-refractivity contribution in [2.24, 2.45) is 23.7 Å². The van der Waals surface area contributed by atoms with E-state index in [1.807, 2.05) is 71.9 Å². The van der Waals surface area contributed by atoms with Crippen molar-refractivity contribution in [1.29, 1.82) is 0 Å². The van der Waals surface area contributed by atoms with Gasteiger partial charge in [0.25, 0.3) is 0 Å². The van der Waals surface area contributed by atoms with Gasteiger partial charge in [-0.15, -0.1) is 0 Å². The number of fused-ring (bicyclic) bond motifs is 1. The van der Waals surface area contributed by atoms with Gasteiger partial charge in [-0.1, -0.05) is 63.6 Å². The lowest BCUT2D eigenvalue weighted by molar-refractivity contribution is -0.146. The number of methoxy groups -OCH3 is 1. The van der Waals surface area contributed by atoms with E-state index in [0.717, 1.165) is 5.57 Å². The Kier molecular flexibility index (Phi) is 14.4. The van der Waals surface area contributed by atoms with Gasteiger partial charge in [-0.25, -0.2) is 4.79 Å². The van der Waals surface area contributed by atoms with Crippen molar-refractivity contribution in [3.8, 4) is 0 Å². The number of hydrogen-bond donors (Lipinski definition) is 4. The van der Waals surface area contributed by atoms with E-state index in [2.05, 4.69) is 0 Å². The highest BCUT2D eigenvalue weighted by molar-refractivity contribution is 5.88. The van der Waals surface area contributed by atoms with Crippen LogP contribution in [0.1, 0.15) is 74.1 Å². The van der Waals surface area contributed by atoms with Crippen LogP contribution in [0.25, 0.3) is 0 Å². The molecule has 2 aliphatic heterocycles. The Labute approximate surface area is 246 Å². The summed E-state index contributed by atoms with van der Waals surface area (Å²) in [6, 6.07) is 0. The minimum absolute atomic E-state index is 0.0436. The number of hydrogen-bond acceptors (Lipinski definition) is 8. The monoisotopic (exact) mass is 578 g/mol. The smallest absolute Gasteiger partial charge is 0.334 e. The van der Waals surface area contributed by atoms with Gasteiger partial charge in [0.2, 0.25) is 0 Å².